The van der Waals surface area contributed by atoms with Gasteiger partial charge in [-0.05, 0) is 77.1 Å². The molecule has 138 valence electrons. The topological polar surface area (TPSA) is 59.1 Å². The van der Waals surface area contributed by atoms with Gasteiger partial charge in [0.15, 0.2) is 0 Å². The molecule has 1 fully saturated rings. The molecular formula is C21H28N4O. The van der Waals surface area contributed by atoms with E-state index in [-0.39, 0.29) is 0 Å². The van der Waals surface area contributed by atoms with Crippen molar-refractivity contribution in [3.05, 3.63) is 40.1 Å². The van der Waals surface area contributed by atoms with E-state index in [0.717, 1.165) is 79.6 Å². The van der Waals surface area contributed by atoms with Gasteiger partial charge in [0, 0.05) is 11.6 Å². The first-order chi connectivity index (χ1) is 12.6. The van der Waals surface area contributed by atoms with E-state index in [9.17, 15) is 0 Å². The molecule has 2 aliphatic rings. The van der Waals surface area contributed by atoms with Gasteiger partial charge >= 0.3 is 0 Å². The third kappa shape index (κ3) is 3.54. The molecule has 1 aliphatic carbocycles. The summed E-state index contributed by atoms with van der Waals surface area (Å²) in [7, 11) is 0. The molecule has 0 atom stereocenters. The summed E-state index contributed by atoms with van der Waals surface area (Å²) in [5.74, 6) is 2.38. The number of nitrogens with one attached hydrogen (secondary N) is 2. The van der Waals surface area contributed by atoms with Crippen molar-refractivity contribution in [1.29, 1.82) is 0 Å². The summed E-state index contributed by atoms with van der Waals surface area (Å²) in [4.78, 5) is 9.56. The molecule has 0 unspecified atom stereocenters. The Morgan fingerprint density at radius 3 is 2.50 bits per heavy atom. The lowest BCUT2D eigenvalue weighted by Gasteiger charge is -2.24. The molecule has 0 bridgehead atoms. The zero-order valence-electron chi connectivity index (χ0n) is 16.0. The lowest BCUT2D eigenvalue weighted by Crippen LogP contribution is -2.35. The lowest BCUT2D eigenvalue weighted by molar-refractivity contribution is 0.446. The van der Waals surface area contributed by atoms with E-state index in [1.807, 2.05) is 0 Å². The third-order valence-corrected chi connectivity index (χ3v) is 5.37. The Morgan fingerprint density at radius 2 is 1.77 bits per heavy atom. The van der Waals surface area contributed by atoms with Crippen LogP contribution < -0.4 is 15.4 Å². The predicted molar refractivity (Wildman–Crippen MR) is 104 cm³/mol. The molecule has 2 N–H and O–H groups in total. The van der Waals surface area contributed by atoms with E-state index in [1.54, 1.807) is 0 Å². The molecule has 2 heterocycles. The first-order valence-corrected chi connectivity index (χ1v) is 9.73. The molecule has 0 amide bonds. The smallest absolute Gasteiger partial charge is 0.227 e. The van der Waals surface area contributed by atoms with Gasteiger partial charge in [-0.1, -0.05) is 17.7 Å². The zero-order chi connectivity index (χ0) is 18.1. The summed E-state index contributed by atoms with van der Waals surface area (Å²) in [6.45, 7) is 8.42. The molecule has 5 heteroatoms. The summed E-state index contributed by atoms with van der Waals surface area (Å²) in [5, 5.41) is 6.93. The predicted octanol–water partition coefficient (Wildman–Crippen LogP) is 3.85. The molecule has 0 radical (unpaired) electrons. The Hall–Kier alpha value is -2.14. The number of benzene rings is 1. The maximum Gasteiger partial charge on any atom is 0.227 e. The van der Waals surface area contributed by atoms with Crippen molar-refractivity contribution in [1.82, 2.24) is 15.3 Å². The van der Waals surface area contributed by atoms with Crippen LogP contribution >= 0.6 is 0 Å². The number of aryl methyl sites for hydroxylation is 4. The van der Waals surface area contributed by atoms with Crippen molar-refractivity contribution in [3.63, 3.8) is 0 Å². The van der Waals surface area contributed by atoms with Gasteiger partial charge in [0.25, 0.3) is 0 Å². The Morgan fingerprint density at radius 1 is 1.04 bits per heavy atom. The standard InChI is InChI=1S/C21H28N4O/c1-13-11-14(2)19(15(3)12-13)26-20-17-5-4-6-18(17)24-21(25-20)23-16-7-9-22-10-8-16/h11-12,16,22H,4-10H2,1-3H3,(H,23,24,25). The van der Waals surface area contributed by atoms with Crippen molar-refractivity contribution in [3.8, 4) is 11.6 Å². The summed E-state index contributed by atoms with van der Waals surface area (Å²) in [6, 6.07) is 4.77. The fraction of sp³-hybridized carbons (Fsp3) is 0.524. The van der Waals surface area contributed by atoms with Crippen LogP contribution in [0, 0.1) is 20.8 Å². The van der Waals surface area contributed by atoms with Crippen LogP contribution in [-0.4, -0.2) is 29.1 Å². The quantitative estimate of drug-likeness (QED) is 0.875. The molecule has 1 aromatic carbocycles. The van der Waals surface area contributed by atoms with E-state index in [1.165, 1.54) is 11.1 Å². The number of ether oxygens (including phenoxy) is 1. The molecule has 2 aromatic rings. The molecule has 1 saturated heterocycles. The van der Waals surface area contributed by atoms with E-state index in [4.69, 9.17) is 14.7 Å². The van der Waals surface area contributed by atoms with E-state index < -0.39 is 0 Å². The van der Waals surface area contributed by atoms with E-state index in [2.05, 4.69) is 43.5 Å². The fourth-order valence-corrected chi connectivity index (χ4v) is 4.12. The van der Waals surface area contributed by atoms with Crippen LogP contribution in [0.15, 0.2) is 12.1 Å². The number of fused-ring (bicyclic) bond motifs is 1. The minimum Gasteiger partial charge on any atom is -0.438 e. The highest BCUT2D eigenvalue weighted by atomic mass is 16.5. The molecular weight excluding hydrogens is 324 g/mol. The van der Waals surface area contributed by atoms with Crippen LogP contribution in [0.3, 0.4) is 0 Å². The van der Waals surface area contributed by atoms with Crippen LogP contribution in [0.25, 0.3) is 0 Å². The first-order valence-electron chi connectivity index (χ1n) is 9.73. The van der Waals surface area contributed by atoms with Crippen molar-refractivity contribution in [2.75, 3.05) is 18.4 Å². The Balaban J connectivity index is 1.65. The summed E-state index contributed by atoms with van der Waals surface area (Å²) in [5.41, 5.74) is 5.89. The number of hydrogen-bond donors (Lipinski definition) is 2. The Labute approximate surface area is 155 Å². The average Bonchev–Trinajstić information content (AvgIpc) is 3.07. The maximum atomic E-state index is 6.36. The number of hydrogen-bond acceptors (Lipinski definition) is 5. The fourth-order valence-electron chi connectivity index (χ4n) is 4.12. The summed E-state index contributed by atoms with van der Waals surface area (Å²) >= 11 is 0. The van der Waals surface area contributed by atoms with Crippen LogP contribution in [0.2, 0.25) is 0 Å². The number of piperidine rings is 1. The minimum absolute atomic E-state index is 0.436. The zero-order valence-corrected chi connectivity index (χ0v) is 16.0. The van der Waals surface area contributed by atoms with Crippen LogP contribution in [-0.2, 0) is 12.8 Å². The number of rotatable bonds is 4. The molecule has 1 aliphatic heterocycles. The normalized spacial score (nSPS) is 17.2. The Kier molecular flexibility index (Phi) is 4.81. The van der Waals surface area contributed by atoms with Gasteiger partial charge in [0.2, 0.25) is 11.8 Å². The first kappa shape index (κ1) is 17.3. The second-order valence-electron chi connectivity index (χ2n) is 7.63. The second-order valence-corrected chi connectivity index (χ2v) is 7.63. The molecule has 0 spiro atoms. The summed E-state index contributed by atoms with van der Waals surface area (Å²) < 4.78 is 6.36. The largest absolute Gasteiger partial charge is 0.438 e. The third-order valence-electron chi connectivity index (χ3n) is 5.37. The van der Waals surface area contributed by atoms with Gasteiger partial charge in [-0.3, -0.25) is 0 Å². The van der Waals surface area contributed by atoms with Crippen molar-refractivity contribution in [2.24, 2.45) is 0 Å². The number of nitrogens with zero attached hydrogens (tertiary/aromatic N) is 2. The van der Waals surface area contributed by atoms with Gasteiger partial charge in [-0.2, -0.15) is 4.98 Å². The van der Waals surface area contributed by atoms with Gasteiger partial charge in [0.05, 0.1) is 5.69 Å². The molecule has 0 saturated carbocycles. The van der Waals surface area contributed by atoms with E-state index in [0.29, 0.717) is 6.04 Å². The molecule has 1 aromatic heterocycles. The number of anilines is 1. The highest BCUT2D eigenvalue weighted by Gasteiger charge is 2.23. The lowest BCUT2D eigenvalue weighted by atomic mass is 10.1. The van der Waals surface area contributed by atoms with Gasteiger partial charge in [-0.25, -0.2) is 4.98 Å². The molecule has 4 rings (SSSR count). The highest BCUT2D eigenvalue weighted by molar-refractivity contribution is 5.48. The number of aromatic nitrogens is 2. The monoisotopic (exact) mass is 352 g/mol. The summed E-state index contributed by atoms with van der Waals surface area (Å²) in [6.07, 6.45) is 5.35. The average molecular weight is 352 g/mol. The van der Waals surface area contributed by atoms with Crippen molar-refractivity contribution in [2.45, 2.75) is 58.9 Å². The van der Waals surface area contributed by atoms with Crippen LogP contribution in [0.1, 0.15) is 47.2 Å². The highest BCUT2D eigenvalue weighted by Crippen LogP contribution is 2.35. The molecule has 26 heavy (non-hydrogen) atoms. The van der Waals surface area contributed by atoms with Crippen LogP contribution in [0.5, 0.6) is 11.6 Å². The maximum absolute atomic E-state index is 6.36. The van der Waals surface area contributed by atoms with E-state index >= 15 is 0 Å². The second kappa shape index (κ2) is 7.23. The SMILES string of the molecule is Cc1cc(C)c(Oc2nc(NC3CCNCC3)nc3c2CCC3)c(C)c1. The van der Waals surface area contributed by atoms with Gasteiger partial charge < -0.3 is 15.4 Å². The van der Waals surface area contributed by atoms with Crippen molar-refractivity contribution < 1.29 is 4.74 Å². The molecule has 5 nitrogen and oxygen atoms in total. The minimum atomic E-state index is 0.436. The Bertz CT molecular complexity index is 789. The van der Waals surface area contributed by atoms with Gasteiger partial charge in [0.1, 0.15) is 5.75 Å². The van der Waals surface area contributed by atoms with Crippen LogP contribution in [0.4, 0.5) is 5.95 Å². The van der Waals surface area contributed by atoms with Crippen molar-refractivity contribution >= 4 is 5.95 Å². The van der Waals surface area contributed by atoms with Gasteiger partial charge in [-0.15, -0.1) is 0 Å².